The number of halogens is 1. The predicted octanol–water partition coefficient (Wildman–Crippen LogP) is 0.886. The van der Waals surface area contributed by atoms with Crippen molar-refractivity contribution in [1.82, 2.24) is 5.32 Å². The molecule has 16 heavy (non-hydrogen) atoms. The summed E-state index contributed by atoms with van der Waals surface area (Å²) >= 11 is 0. The Morgan fingerprint density at radius 2 is 2.25 bits per heavy atom. The number of benzene rings is 1. The quantitative estimate of drug-likeness (QED) is 0.630. The zero-order chi connectivity index (χ0) is 12.0. The Labute approximate surface area is 93.3 Å². The number of rotatable bonds is 6. The first-order valence-electron chi connectivity index (χ1n) is 5.06. The molecule has 5 heteroatoms. The van der Waals surface area contributed by atoms with Gasteiger partial charge in [-0.15, -0.1) is 0 Å². The number of nitrogens with one attached hydrogen (secondary N) is 1. The van der Waals surface area contributed by atoms with Crippen LogP contribution in [0, 0.1) is 5.82 Å². The molecule has 0 aromatic heterocycles. The van der Waals surface area contributed by atoms with E-state index in [4.69, 9.17) is 5.73 Å². The fourth-order valence-corrected chi connectivity index (χ4v) is 1.31. The number of amides is 1. The van der Waals surface area contributed by atoms with Gasteiger partial charge in [0.25, 0.3) is 0 Å². The van der Waals surface area contributed by atoms with E-state index in [1.807, 2.05) is 0 Å². The van der Waals surface area contributed by atoms with Crippen LogP contribution in [0.15, 0.2) is 18.2 Å². The molecule has 1 rings (SSSR count). The molecule has 88 valence electrons. The maximum Gasteiger partial charge on any atom is 0.217 e. The first-order chi connectivity index (χ1) is 7.59. The van der Waals surface area contributed by atoms with Crippen LogP contribution in [0.25, 0.3) is 0 Å². The van der Waals surface area contributed by atoms with E-state index < -0.39 is 0 Å². The largest absolute Gasteiger partial charge is 0.508 e. The number of primary amides is 1. The number of phenolic OH excluding ortho intramolecular Hbond substituents is 1. The molecule has 0 radical (unpaired) electrons. The van der Waals surface area contributed by atoms with Gasteiger partial charge in [-0.3, -0.25) is 4.79 Å². The summed E-state index contributed by atoms with van der Waals surface area (Å²) in [5.41, 5.74) is 5.47. The Kier molecular flexibility index (Phi) is 4.72. The summed E-state index contributed by atoms with van der Waals surface area (Å²) in [5.74, 6) is -0.661. The zero-order valence-electron chi connectivity index (χ0n) is 8.87. The molecular weight excluding hydrogens is 211 g/mol. The van der Waals surface area contributed by atoms with Crippen LogP contribution >= 0.6 is 0 Å². The second-order valence-electron chi connectivity index (χ2n) is 3.52. The zero-order valence-corrected chi connectivity index (χ0v) is 8.87. The topological polar surface area (TPSA) is 75.4 Å². The average molecular weight is 226 g/mol. The molecule has 0 aliphatic carbocycles. The minimum Gasteiger partial charge on any atom is -0.508 e. The van der Waals surface area contributed by atoms with Crippen molar-refractivity contribution in [1.29, 1.82) is 0 Å². The van der Waals surface area contributed by atoms with E-state index >= 15 is 0 Å². The number of carbonyl (C=O) groups is 1. The van der Waals surface area contributed by atoms with E-state index in [0.717, 1.165) is 0 Å². The normalized spacial score (nSPS) is 10.3. The van der Waals surface area contributed by atoms with Crippen molar-refractivity contribution in [2.75, 3.05) is 6.54 Å². The van der Waals surface area contributed by atoms with E-state index in [1.165, 1.54) is 18.2 Å². The third kappa shape index (κ3) is 4.27. The lowest BCUT2D eigenvalue weighted by Gasteiger charge is -2.06. The van der Waals surface area contributed by atoms with E-state index in [0.29, 0.717) is 31.5 Å². The summed E-state index contributed by atoms with van der Waals surface area (Å²) in [6.45, 7) is 0.960. The second-order valence-corrected chi connectivity index (χ2v) is 3.52. The van der Waals surface area contributed by atoms with E-state index in [-0.39, 0.29) is 17.5 Å². The molecule has 0 spiro atoms. The van der Waals surface area contributed by atoms with Gasteiger partial charge in [0.1, 0.15) is 11.6 Å². The van der Waals surface area contributed by atoms with Gasteiger partial charge in [-0.2, -0.15) is 0 Å². The first kappa shape index (κ1) is 12.4. The summed E-state index contributed by atoms with van der Waals surface area (Å²) in [7, 11) is 0. The summed E-state index contributed by atoms with van der Waals surface area (Å²) in [6.07, 6.45) is 0.952. The van der Waals surface area contributed by atoms with Crippen molar-refractivity contribution in [3.63, 3.8) is 0 Å². The van der Waals surface area contributed by atoms with Gasteiger partial charge in [-0.25, -0.2) is 4.39 Å². The lowest BCUT2D eigenvalue weighted by molar-refractivity contribution is -0.118. The minimum atomic E-state index is -0.383. The average Bonchev–Trinajstić information content (AvgIpc) is 2.22. The van der Waals surface area contributed by atoms with Crippen LogP contribution in [0.1, 0.15) is 18.4 Å². The maximum absolute atomic E-state index is 12.8. The highest BCUT2D eigenvalue weighted by Gasteiger charge is 2.02. The van der Waals surface area contributed by atoms with E-state index in [1.54, 1.807) is 0 Å². The van der Waals surface area contributed by atoms with Gasteiger partial charge in [0, 0.05) is 18.5 Å². The lowest BCUT2D eigenvalue weighted by atomic mass is 10.2. The highest BCUT2D eigenvalue weighted by molar-refractivity contribution is 5.73. The van der Waals surface area contributed by atoms with Gasteiger partial charge >= 0.3 is 0 Å². The molecule has 0 unspecified atom stereocenters. The molecule has 0 heterocycles. The molecule has 1 aromatic rings. The maximum atomic E-state index is 12.8. The molecule has 0 fully saturated rings. The number of hydrogen-bond acceptors (Lipinski definition) is 3. The van der Waals surface area contributed by atoms with Gasteiger partial charge < -0.3 is 16.2 Å². The van der Waals surface area contributed by atoms with Crippen molar-refractivity contribution in [3.05, 3.63) is 29.6 Å². The highest BCUT2D eigenvalue weighted by atomic mass is 19.1. The van der Waals surface area contributed by atoms with Crippen LogP contribution in [-0.4, -0.2) is 17.6 Å². The smallest absolute Gasteiger partial charge is 0.217 e. The molecule has 0 aliphatic rings. The Balaban J connectivity index is 2.31. The standard InChI is InChI=1S/C11H15FN2O2/c12-9-3-4-10(15)8(6-9)7-14-5-1-2-11(13)16/h3-4,6,14-15H,1-2,5,7H2,(H2,13,16). The van der Waals surface area contributed by atoms with Crippen LogP contribution in [0.3, 0.4) is 0 Å². The van der Waals surface area contributed by atoms with E-state index in [2.05, 4.69) is 5.32 Å². The molecular formula is C11H15FN2O2. The van der Waals surface area contributed by atoms with E-state index in [9.17, 15) is 14.3 Å². The summed E-state index contributed by atoms with van der Waals surface area (Å²) in [4.78, 5) is 10.4. The van der Waals surface area contributed by atoms with Crippen molar-refractivity contribution in [2.24, 2.45) is 5.73 Å². The minimum absolute atomic E-state index is 0.0591. The van der Waals surface area contributed by atoms with Crippen molar-refractivity contribution in [2.45, 2.75) is 19.4 Å². The predicted molar refractivity (Wildman–Crippen MR) is 58.2 cm³/mol. The molecule has 0 saturated carbocycles. The number of phenols is 1. The molecule has 0 atom stereocenters. The monoisotopic (exact) mass is 226 g/mol. The molecule has 0 saturated heterocycles. The Hall–Kier alpha value is -1.62. The van der Waals surface area contributed by atoms with Gasteiger partial charge in [-0.05, 0) is 31.2 Å². The number of nitrogens with two attached hydrogens (primary N) is 1. The van der Waals surface area contributed by atoms with Crippen molar-refractivity contribution in [3.8, 4) is 5.75 Å². The van der Waals surface area contributed by atoms with Crippen LogP contribution in [-0.2, 0) is 11.3 Å². The van der Waals surface area contributed by atoms with Crippen molar-refractivity contribution >= 4 is 5.91 Å². The molecule has 1 aromatic carbocycles. The molecule has 4 N–H and O–H groups in total. The van der Waals surface area contributed by atoms with Crippen LogP contribution in [0.5, 0.6) is 5.75 Å². The molecule has 1 amide bonds. The SMILES string of the molecule is NC(=O)CCCNCc1cc(F)ccc1O. The Morgan fingerprint density at radius 1 is 1.50 bits per heavy atom. The van der Waals surface area contributed by atoms with Gasteiger partial charge in [0.2, 0.25) is 5.91 Å². The number of hydrogen-bond donors (Lipinski definition) is 3. The fraction of sp³-hybridized carbons (Fsp3) is 0.364. The Morgan fingerprint density at radius 3 is 2.94 bits per heavy atom. The van der Waals surface area contributed by atoms with Crippen LogP contribution in [0.4, 0.5) is 4.39 Å². The van der Waals surface area contributed by atoms with Gasteiger partial charge in [0.15, 0.2) is 0 Å². The summed E-state index contributed by atoms with van der Waals surface area (Å²) < 4.78 is 12.8. The lowest BCUT2D eigenvalue weighted by Crippen LogP contribution is -2.18. The summed E-state index contributed by atoms with van der Waals surface area (Å²) in [6, 6.07) is 3.79. The summed E-state index contributed by atoms with van der Waals surface area (Å²) in [5, 5.41) is 12.4. The van der Waals surface area contributed by atoms with Crippen LogP contribution in [0.2, 0.25) is 0 Å². The van der Waals surface area contributed by atoms with Crippen LogP contribution < -0.4 is 11.1 Å². The second kappa shape index (κ2) is 6.07. The van der Waals surface area contributed by atoms with Gasteiger partial charge in [-0.1, -0.05) is 0 Å². The van der Waals surface area contributed by atoms with Crippen molar-refractivity contribution < 1.29 is 14.3 Å². The highest BCUT2D eigenvalue weighted by Crippen LogP contribution is 2.17. The Bertz CT molecular complexity index is 369. The third-order valence-corrected chi connectivity index (χ3v) is 2.13. The number of aromatic hydroxyl groups is 1. The molecule has 0 bridgehead atoms. The molecule has 0 aliphatic heterocycles. The number of carbonyl (C=O) groups excluding carboxylic acids is 1. The van der Waals surface area contributed by atoms with Gasteiger partial charge in [0.05, 0.1) is 0 Å². The third-order valence-electron chi connectivity index (χ3n) is 2.13. The molecule has 4 nitrogen and oxygen atoms in total. The first-order valence-corrected chi connectivity index (χ1v) is 5.06. The fourth-order valence-electron chi connectivity index (χ4n) is 1.31.